The predicted molar refractivity (Wildman–Crippen MR) is 55.7 cm³/mol. The van der Waals surface area contributed by atoms with Crippen molar-refractivity contribution in [2.75, 3.05) is 0 Å². The van der Waals surface area contributed by atoms with E-state index < -0.39 is 18.0 Å². The van der Waals surface area contributed by atoms with Crippen molar-refractivity contribution in [2.24, 2.45) is 0 Å². The van der Waals surface area contributed by atoms with Gasteiger partial charge in [-0.3, -0.25) is 0 Å². The minimum atomic E-state index is -4.29. The second-order valence-corrected chi connectivity index (χ2v) is 4.30. The van der Waals surface area contributed by atoms with Crippen LogP contribution in [0.3, 0.4) is 0 Å². The van der Waals surface area contributed by atoms with E-state index in [2.05, 4.69) is 0 Å². The van der Waals surface area contributed by atoms with Crippen molar-refractivity contribution >= 4 is 34.8 Å². The Labute approximate surface area is 99.9 Å². The fraction of sp³-hybridized carbons (Fsp3) is 0.333. The van der Waals surface area contributed by atoms with Crippen molar-refractivity contribution in [1.29, 1.82) is 0 Å². The fourth-order valence-corrected chi connectivity index (χ4v) is 1.65. The number of hydrogen-bond acceptors (Lipinski definition) is 0. The molecule has 0 N–H and O–H groups in total. The van der Waals surface area contributed by atoms with Gasteiger partial charge in [0.1, 0.15) is 0 Å². The van der Waals surface area contributed by atoms with Crippen LogP contribution in [-0.4, -0.2) is 6.18 Å². The first-order valence-electron chi connectivity index (χ1n) is 3.95. The lowest BCUT2D eigenvalue weighted by molar-refractivity contribution is -0.134. The first-order chi connectivity index (χ1) is 6.79. The molecule has 1 aromatic carbocycles. The Hall–Kier alpha value is -0.120. The number of halogens is 6. The third-order valence-electron chi connectivity index (χ3n) is 1.72. The molecule has 0 spiro atoms. The highest BCUT2D eigenvalue weighted by Crippen LogP contribution is 2.36. The second-order valence-electron chi connectivity index (χ2n) is 2.96. The van der Waals surface area contributed by atoms with Crippen molar-refractivity contribution in [3.05, 3.63) is 33.8 Å². The minimum Gasteiger partial charge on any atom is -0.171 e. The van der Waals surface area contributed by atoms with Crippen LogP contribution in [0.15, 0.2) is 18.2 Å². The van der Waals surface area contributed by atoms with Crippen molar-refractivity contribution in [3.63, 3.8) is 0 Å². The molecule has 0 saturated carbocycles. The third kappa shape index (κ3) is 4.09. The Bertz CT molecular complexity index is 349. The van der Waals surface area contributed by atoms with Crippen LogP contribution >= 0.6 is 34.8 Å². The SMILES string of the molecule is FC(F)(F)CC(Cl)c1ccc(Cl)c(Cl)c1. The molecule has 0 radical (unpaired) electrons. The molecular formula is C9H6Cl3F3. The number of hydrogen-bond donors (Lipinski definition) is 0. The third-order valence-corrected chi connectivity index (χ3v) is 2.86. The van der Waals surface area contributed by atoms with Crippen molar-refractivity contribution in [1.82, 2.24) is 0 Å². The monoisotopic (exact) mass is 276 g/mol. The van der Waals surface area contributed by atoms with E-state index in [0.29, 0.717) is 5.56 Å². The summed E-state index contributed by atoms with van der Waals surface area (Å²) in [5.41, 5.74) is 0.309. The summed E-state index contributed by atoms with van der Waals surface area (Å²) < 4.78 is 36.1. The van der Waals surface area contributed by atoms with E-state index in [1.807, 2.05) is 0 Å². The molecule has 84 valence electrons. The maximum absolute atomic E-state index is 12.0. The molecule has 0 bridgehead atoms. The molecule has 1 atom stereocenters. The van der Waals surface area contributed by atoms with Crippen LogP contribution in [0.1, 0.15) is 17.4 Å². The molecule has 1 unspecified atom stereocenters. The summed E-state index contributed by atoms with van der Waals surface area (Å²) in [7, 11) is 0. The van der Waals surface area contributed by atoms with Gasteiger partial charge in [-0.25, -0.2) is 0 Å². The zero-order chi connectivity index (χ0) is 11.6. The van der Waals surface area contributed by atoms with Crippen LogP contribution < -0.4 is 0 Å². The number of rotatable bonds is 2. The summed E-state index contributed by atoms with van der Waals surface area (Å²) >= 11 is 16.9. The summed E-state index contributed by atoms with van der Waals surface area (Å²) in [5.74, 6) is 0. The van der Waals surface area contributed by atoms with E-state index in [9.17, 15) is 13.2 Å². The van der Waals surface area contributed by atoms with Gasteiger partial charge in [0.05, 0.1) is 21.8 Å². The lowest BCUT2D eigenvalue weighted by Crippen LogP contribution is -2.10. The highest BCUT2D eigenvalue weighted by Gasteiger charge is 2.31. The van der Waals surface area contributed by atoms with Gasteiger partial charge in [-0.1, -0.05) is 29.3 Å². The molecule has 0 amide bonds. The minimum absolute atomic E-state index is 0.196. The van der Waals surface area contributed by atoms with Gasteiger partial charge in [0.25, 0.3) is 0 Å². The average molecular weight is 278 g/mol. The number of benzene rings is 1. The molecule has 0 fully saturated rings. The normalized spacial score (nSPS) is 14.0. The van der Waals surface area contributed by atoms with Crippen LogP contribution in [0, 0.1) is 0 Å². The van der Waals surface area contributed by atoms with Crippen molar-refractivity contribution in [2.45, 2.75) is 18.0 Å². The molecule has 6 heteroatoms. The predicted octanol–water partition coefficient (Wildman–Crippen LogP) is 5.23. The van der Waals surface area contributed by atoms with Crippen molar-refractivity contribution < 1.29 is 13.2 Å². The maximum Gasteiger partial charge on any atom is 0.390 e. The van der Waals surface area contributed by atoms with Gasteiger partial charge < -0.3 is 0 Å². The van der Waals surface area contributed by atoms with Gasteiger partial charge in [0.2, 0.25) is 0 Å². The molecule has 0 aliphatic heterocycles. The van der Waals surface area contributed by atoms with Crippen LogP contribution in [-0.2, 0) is 0 Å². The van der Waals surface area contributed by atoms with Gasteiger partial charge >= 0.3 is 6.18 Å². The Morgan fingerprint density at radius 1 is 1.13 bits per heavy atom. The van der Waals surface area contributed by atoms with Crippen LogP contribution in [0.5, 0.6) is 0 Å². The van der Waals surface area contributed by atoms with E-state index in [0.717, 1.165) is 0 Å². The van der Waals surface area contributed by atoms with Gasteiger partial charge in [-0.2, -0.15) is 13.2 Å². The molecule has 0 aliphatic carbocycles. The largest absolute Gasteiger partial charge is 0.390 e. The standard InChI is InChI=1S/C9H6Cl3F3/c10-6-2-1-5(3-7(6)11)8(12)4-9(13,14)15/h1-3,8H,4H2. The van der Waals surface area contributed by atoms with Gasteiger partial charge in [-0.05, 0) is 17.7 Å². The Kier molecular flexibility index (Phi) is 4.15. The summed E-state index contributed by atoms with van der Waals surface area (Å²) in [5, 5.41) is -0.655. The first kappa shape index (κ1) is 12.9. The van der Waals surface area contributed by atoms with E-state index in [4.69, 9.17) is 34.8 Å². The zero-order valence-electron chi connectivity index (χ0n) is 7.28. The Morgan fingerprint density at radius 3 is 2.20 bits per heavy atom. The fourth-order valence-electron chi connectivity index (χ4n) is 1.03. The van der Waals surface area contributed by atoms with Gasteiger partial charge in [0.15, 0.2) is 0 Å². The topological polar surface area (TPSA) is 0 Å². The molecule has 0 heterocycles. The van der Waals surface area contributed by atoms with E-state index >= 15 is 0 Å². The summed E-state index contributed by atoms with van der Waals surface area (Å²) in [4.78, 5) is 0. The maximum atomic E-state index is 12.0. The first-order valence-corrected chi connectivity index (χ1v) is 5.14. The smallest absolute Gasteiger partial charge is 0.171 e. The molecule has 0 nitrogen and oxygen atoms in total. The molecule has 1 rings (SSSR count). The summed E-state index contributed by atoms with van der Waals surface area (Å²) in [6, 6.07) is 4.19. The highest BCUT2D eigenvalue weighted by molar-refractivity contribution is 6.42. The highest BCUT2D eigenvalue weighted by atomic mass is 35.5. The summed E-state index contributed by atoms with van der Waals surface area (Å²) in [6.45, 7) is 0. The van der Waals surface area contributed by atoms with Crippen LogP contribution in [0.25, 0.3) is 0 Å². The average Bonchev–Trinajstić information content (AvgIpc) is 2.06. The zero-order valence-corrected chi connectivity index (χ0v) is 9.55. The van der Waals surface area contributed by atoms with E-state index in [-0.39, 0.29) is 10.0 Å². The Morgan fingerprint density at radius 2 is 1.73 bits per heavy atom. The molecule has 0 saturated heterocycles. The lowest BCUT2D eigenvalue weighted by Gasteiger charge is -2.12. The quantitative estimate of drug-likeness (QED) is 0.650. The Balaban J connectivity index is 2.83. The van der Waals surface area contributed by atoms with E-state index in [1.54, 1.807) is 0 Å². The molecule has 15 heavy (non-hydrogen) atoms. The molecular weight excluding hydrogens is 271 g/mol. The van der Waals surface area contributed by atoms with Crippen LogP contribution in [0.2, 0.25) is 10.0 Å². The number of alkyl halides is 4. The van der Waals surface area contributed by atoms with Crippen molar-refractivity contribution in [3.8, 4) is 0 Å². The lowest BCUT2D eigenvalue weighted by atomic mass is 10.1. The van der Waals surface area contributed by atoms with Crippen LogP contribution in [0.4, 0.5) is 13.2 Å². The van der Waals surface area contributed by atoms with Gasteiger partial charge in [-0.15, -0.1) is 11.6 Å². The molecule has 0 aromatic heterocycles. The summed E-state index contributed by atoms with van der Waals surface area (Å²) in [6.07, 6.45) is -5.38. The van der Waals surface area contributed by atoms with E-state index in [1.165, 1.54) is 18.2 Å². The second kappa shape index (κ2) is 4.81. The molecule has 0 aliphatic rings. The molecule has 1 aromatic rings. The van der Waals surface area contributed by atoms with Gasteiger partial charge in [0, 0.05) is 0 Å².